The number of pyridine rings is 1. The fourth-order valence-electron chi connectivity index (χ4n) is 2.20. The second kappa shape index (κ2) is 8.79. The number of aromatic nitrogens is 1. The van der Waals surface area contributed by atoms with Crippen molar-refractivity contribution < 1.29 is 9.84 Å². The third-order valence-corrected chi connectivity index (χ3v) is 4.85. The Kier molecular flexibility index (Phi) is 6.74. The number of benzene rings is 1. The summed E-state index contributed by atoms with van der Waals surface area (Å²) >= 11 is 1.80. The van der Waals surface area contributed by atoms with E-state index in [4.69, 9.17) is 4.74 Å². The number of aromatic hydroxyl groups is 1. The highest BCUT2D eigenvalue weighted by Crippen LogP contribution is 2.29. The highest BCUT2D eigenvalue weighted by molar-refractivity contribution is 7.99. The topological polar surface area (TPSA) is 54.4 Å². The van der Waals surface area contributed by atoms with Crippen LogP contribution in [-0.2, 0) is 6.54 Å². The van der Waals surface area contributed by atoms with Gasteiger partial charge < -0.3 is 15.2 Å². The zero-order chi connectivity index (χ0) is 16.7. The molecule has 0 spiro atoms. The van der Waals surface area contributed by atoms with Gasteiger partial charge in [0.2, 0.25) is 0 Å². The van der Waals surface area contributed by atoms with Crippen LogP contribution in [0.3, 0.4) is 0 Å². The molecule has 1 unspecified atom stereocenters. The summed E-state index contributed by atoms with van der Waals surface area (Å²) < 4.78 is 5.37. The number of nitrogens with zero attached hydrogens (tertiary/aromatic N) is 1. The molecular formula is C18H24N2O2S. The van der Waals surface area contributed by atoms with E-state index in [9.17, 15) is 5.11 Å². The van der Waals surface area contributed by atoms with Crippen LogP contribution < -0.4 is 10.1 Å². The van der Waals surface area contributed by atoms with Gasteiger partial charge in [-0.15, -0.1) is 11.8 Å². The van der Waals surface area contributed by atoms with Gasteiger partial charge in [0.15, 0.2) is 0 Å². The molecule has 0 amide bonds. The van der Waals surface area contributed by atoms with Gasteiger partial charge in [-0.3, -0.25) is 4.98 Å². The molecule has 0 aliphatic rings. The molecule has 1 atom stereocenters. The molecule has 1 aromatic carbocycles. The van der Waals surface area contributed by atoms with Crippen molar-refractivity contribution >= 4 is 11.8 Å². The number of ether oxygens (including phenoxy) is 1. The van der Waals surface area contributed by atoms with E-state index in [1.807, 2.05) is 31.2 Å². The number of aryl methyl sites for hydroxylation is 1. The predicted octanol–water partition coefficient (Wildman–Crippen LogP) is 3.62. The van der Waals surface area contributed by atoms with Gasteiger partial charge in [0.05, 0.1) is 12.8 Å². The van der Waals surface area contributed by atoms with Crippen molar-refractivity contribution in [1.29, 1.82) is 0 Å². The van der Waals surface area contributed by atoms with Crippen molar-refractivity contribution in [2.75, 3.05) is 19.4 Å². The molecule has 4 nitrogen and oxygen atoms in total. The molecule has 0 fully saturated rings. The van der Waals surface area contributed by atoms with Crippen LogP contribution in [0.5, 0.6) is 11.5 Å². The van der Waals surface area contributed by atoms with Gasteiger partial charge in [0, 0.05) is 22.9 Å². The van der Waals surface area contributed by atoms with Gasteiger partial charge in [-0.1, -0.05) is 19.1 Å². The number of hydrogen-bond donors (Lipinski definition) is 2. The first-order valence-corrected chi connectivity index (χ1v) is 8.70. The molecule has 2 aromatic rings. The fraction of sp³-hybridized carbons (Fsp3) is 0.389. The van der Waals surface area contributed by atoms with Crippen molar-refractivity contribution in [3.05, 3.63) is 47.8 Å². The minimum Gasteiger partial charge on any atom is -0.506 e. The van der Waals surface area contributed by atoms with E-state index < -0.39 is 0 Å². The maximum absolute atomic E-state index is 9.79. The average Bonchev–Trinajstić information content (AvgIpc) is 2.56. The van der Waals surface area contributed by atoms with Gasteiger partial charge in [-0.2, -0.15) is 0 Å². The molecule has 23 heavy (non-hydrogen) atoms. The number of rotatable bonds is 8. The summed E-state index contributed by atoms with van der Waals surface area (Å²) in [4.78, 5) is 5.52. The molecule has 1 aromatic heterocycles. The lowest BCUT2D eigenvalue weighted by atomic mass is 10.2. The predicted molar refractivity (Wildman–Crippen MR) is 95.2 cm³/mol. The SMILES string of the molecule is COc1ccccc1SCC(C)CNCc1nc(C)ccc1O. The number of nitrogens with one attached hydrogen (secondary N) is 1. The van der Waals surface area contributed by atoms with E-state index in [2.05, 4.69) is 23.3 Å². The molecular weight excluding hydrogens is 308 g/mol. The van der Waals surface area contributed by atoms with E-state index in [0.29, 0.717) is 18.2 Å². The van der Waals surface area contributed by atoms with Crippen LogP contribution >= 0.6 is 11.8 Å². The van der Waals surface area contributed by atoms with Gasteiger partial charge in [-0.25, -0.2) is 0 Å². The zero-order valence-corrected chi connectivity index (χ0v) is 14.7. The van der Waals surface area contributed by atoms with E-state index in [0.717, 1.165) is 23.7 Å². The van der Waals surface area contributed by atoms with Crippen LogP contribution in [0.4, 0.5) is 0 Å². The molecule has 5 heteroatoms. The molecule has 0 radical (unpaired) electrons. The summed E-state index contributed by atoms with van der Waals surface area (Å²) in [6.07, 6.45) is 0. The molecule has 124 valence electrons. The van der Waals surface area contributed by atoms with E-state index in [1.165, 1.54) is 4.90 Å². The van der Waals surface area contributed by atoms with Crippen molar-refractivity contribution in [3.63, 3.8) is 0 Å². The molecule has 1 heterocycles. The minimum absolute atomic E-state index is 0.249. The Hall–Kier alpha value is -1.72. The number of hydrogen-bond acceptors (Lipinski definition) is 5. The fourth-order valence-corrected chi connectivity index (χ4v) is 3.25. The largest absolute Gasteiger partial charge is 0.506 e. The van der Waals surface area contributed by atoms with Crippen LogP contribution in [0.25, 0.3) is 0 Å². The van der Waals surface area contributed by atoms with Crippen molar-refractivity contribution in [2.45, 2.75) is 25.3 Å². The second-order valence-electron chi connectivity index (χ2n) is 5.62. The lowest BCUT2D eigenvalue weighted by Crippen LogP contribution is -2.22. The van der Waals surface area contributed by atoms with Gasteiger partial charge in [0.25, 0.3) is 0 Å². The summed E-state index contributed by atoms with van der Waals surface area (Å²) in [7, 11) is 1.70. The Bertz CT molecular complexity index is 634. The second-order valence-corrected chi connectivity index (χ2v) is 6.68. The van der Waals surface area contributed by atoms with Gasteiger partial charge >= 0.3 is 0 Å². The van der Waals surface area contributed by atoms with Crippen molar-refractivity contribution in [2.24, 2.45) is 5.92 Å². The summed E-state index contributed by atoms with van der Waals surface area (Å²) in [5.74, 6) is 2.67. The quantitative estimate of drug-likeness (QED) is 0.723. The third-order valence-electron chi connectivity index (χ3n) is 3.47. The first-order valence-electron chi connectivity index (χ1n) is 7.72. The van der Waals surface area contributed by atoms with Crippen molar-refractivity contribution in [1.82, 2.24) is 10.3 Å². The number of para-hydroxylation sites is 1. The summed E-state index contributed by atoms with van der Waals surface area (Å²) in [5, 5.41) is 13.2. The van der Waals surface area contributed by atoms with E-state index >= 15 is 0 Å². The van der Waals surface area contributed by atoms with Crippen LogP contribution in [-0.4, -0.2) is 29.5 Å². The molecule has 0 saturated heterocycles. The summed E-state index contributed by atoms with van der Waals surface area (Å²) in [6, 6.07) is 11.6. The maximum atomic E-state index is 9.79. The lowest BCUT2D eigenvalue weighted by molar-refractivity contribution is 0.404. The first kappa shape index (κ1) is 17.6. The molecule has 0 aliphatic heterocycles. The van der Waals surface area contributed by atoms with Crippen LogP contribution in [0.1, 0.15) is 18.3 Å². The smallest absolute Gasteiger partial charge is 0.138 e. The Balaban J connectivity index is 1.77. The molecule has 2 rings (SSSR count). The third kappa shape index (κ3) is 5.44. The minimum atomic E-state index is 0.249. The molecule has 0 aliphatic carbocycles. The van der Waals surface area contributed by atoms with Crippen LogP contribution in [0.2, 0.25) is 0 Å². The summed E-state index contributed by atoms with van der Waals surface area (Å²) in [6.45, 7) is 5.59. The number of thioether (sulfide) groups is 1. The lowest BCUT2D eigenvalue weighted by Gasteiger charge is -2.14. The average molecular weight is 332 g/mol. The Labute approximate surface area is 142 Å². The van der Waals surface area contributed by atoms with Crippen LogP contribution in [0, 0.1) is 12.8 Å². The Morgan fingerprint density at radius 3 is 2.83 bits per heavy atom. The first-order chi connectivity index (χ1) is 11.1. The van der Waals surface area contributed by atoms with E-state index in [1.54, 1.807) is 24.9 Å². The van der Waals surface area contributed by atoms with Crippen molar-refractivity contribution in [3.8, 4) is 11.5 Å². The maximum Gasteiger partial charge on any atom is 0.138 e. The molecule has 0 bridgehead atoms. The Morgan fingerprint density at radius 1 is 1.26 bits per heavy atom. The highest BCUT2D eigenvalue weighted by atomic mass is 32.2. The van der Waals surface area contributed by atoms with Crippen LogP contribution in [0.15, 0.2) is 41.3 Å². The van der Waals surface area contributed by atoms with Gasteiger partial charge in [0.1, 0.15) is 11.5 Å². The normalized spacial score (nSPS) is 12.1. The van der Waals surface area contributed by atoms with Gasteiger partial charge in [-0.05, 0) is 43.7 Å². The molecule has 0 saturated carbocycles. The summed E-state index contributed by atoms with van der Waals surface area (Å²) in [5.41, 5.74) is 1.62. The monoisotopic (exact) mass is 332 g/mol. The highest BCUT2D eigenvalue weighted by Gasteiger charge is 2.08. The zero-order valence-electron chi connectivity index (χ0n) is 13.9. The number of methoxy groups -OCH3 is 1. The Morgan fingerprint density at radius 2 is 2.04 bits per heavy atom. The molecule has 2 N–H and O–H groups in total. The standard InChI is InChI=1S/C18H24N2O2S/c1-13(12-23-18-7-5-4-6-17(18)22-3)10-19-11-15-16(21)9-8-14(2)20-15/h4-9,13,19,21H,10-12H2,1-3H3. The van der Waals surface area contributed by atoms with E-state index in [-0.39, 0.29) is 5.75 Å².